The Morgan fingerprint density at radius 3 is 2.57 bits per heavy atom. The lowest BCUT2D eigenvalue weighted by molar-refractivity contribution is 0.602. The van der Waals surface area contributed by atoms with Gasteiger partial charge in [-0.25, -0.2) is 13.4 Å². The van der Waals surface area contributed by atoms with E-state index in [-0.39, 0.29) is 6.04 Å². The van der Waals surface area contributed by atoms with Crippen molar-refractivity contribution in [3.8, 4) is 0 Å². The zero-order valence-corrected chi connectivity index (χ0v) is 13.9. The second-order valence-electron chi connectivity index (χ2n) is 5.46. The molecule has 0 aliphatic rings. The van der Waals surface area contributed by atoms with Crippen LogP contribution in [0.3, 0.4) is 0 Å². The number of anilines is 1. The molecule has 8 heteroatoms. The molecule has 0 fully saturated rings. The van der Waals surface area contributed by atoms with Crippen LogP contribution in [0, 0.1) is 6.92 Å². The lowest BCUT2D eigenvalue weighted by Gasteiger charge is -2.16. The van der Waals surface area contributed by atoms with Crippen LogP contribution in [0.4, 0.5) is 5.82 Å². The van der Waals surface area contributed by atoms with Gasteiger partial charge in [0, 0.05) is 24.1 Å². The van der Waals surface area contributed by atoms with Crippen molar-refractivity contribution < 1.29 is 8.42 Å². The second kappa shape index (κ2) is 5.62. The molecule has 3 aromatic rings. The van der Waals surface area contributed by atoms with E-state index in [1.54, 1.807) is 28.8 Å². The molecule has 1 atom stereocenters. The fraction of sp³-hybridized carbons (Fsp3) is 0.267. The summed E-state index contributed by atoms with van der Waals surface area (Å²) in [5, 5.41) is 7.51. The topological polar surface area (TPSA) is 89.2 Å². The number of hydrogen-bond acceptors (Lipinski definition) is 6. The first kappa shape index (κ1) is 15.4. The van der Waals surface area contributed by atoms with Crippen LogP contribution in [0.1, 0.15) is 24.2 Å². The van der Waals surface area contributed by atoms with Crippen LogP contribution >= 0.6 is 0 Å². The van der Waals surface area contributed by atoms with Gasteiger partial charge < -0.3 is 5.32 Å². The highest BCUT2D eigenvalue weighted by molar-refractivity contribution is 7.90. The van der Waals surface area contributed by atoms with E-state index in [0.29, 0.717) is 10.7 Å². The van der Waals surface area contributed by atoms with Crippen molar-refractivity contribution in [1.82, 2.24) is 19.6 Å². The monoisotopic (exact) mass is 331 g/mol. The standard InChI is InChI=1S/C15H17N5O2S/c1-10-8-14(20-15(18-10)16-9-17-20)19-11(2)12-4-6-13(7-5-12)23(3,21)22/h4-9,11,19H,1-3H3. The van der Waals surface area contributed by atoms with Crippen molar-refractivity contribution in [2.24, 2.45) is 0 Å². The average Bonchev–Trinajstić information content (AvgIpc) is 2.94. The fourth-order valence-corrected chi connectivity index (χ4v) is 2.97. The molecular formula is C15H17N5O2S. The van der Waals surface area contributed by atoms with E-state index < -0.39 is 9.84 Å². The average molecular weight is 331 g/mol. The summed E-state index contributed by atoms with van der Waals surface area (Å²) in [5.74, 6) is 1.32. The number of nitrogens with one attached hydrogen (secondary N) is 1. The first-order chi connectivity index (χ1) is 10.8. The number of aryl methyl sites for hydroxylation is 1. The van der Waals surface area contributed by atoms with Crippen LogP contribution in [0.15, 0.2) is 41.6 Å². The second-order valence-corrected chi connectivity index (χ2v) is 7.48. The number of nitrogens with zero attached hydrogens (tertiary/aromatic N) is 4. The van der Waals surface area contributed by atoms with Gasteiger partial charge >= 0.3 is 0 Å². The third-order valence-electron chi connectivity index (χ3n) is 3.55. The summed E-state index contributed by atoms with van der Waals surface area (Å²) in [6.07, 6.45) is 2.66. The highest BCUT2D eigenvalue weighted by Crippen LogP contribution is 2.21. The highest BCUT2D eigenvalue weighted by atomic mass is 32.2. The molecule has 0 spiro atoms. The highest BCUT2D eigenvalue weighted by Gasteiger charge is 2.12. The normalized spacial score (nSPS) is 13.2. The van der Waals surface area contributed by atoms with Gasteiger partial charge in [0.15, 0.2) is 9.84 Å². The molecule has 0 radical (unpaired) electrons. The first-order valence-corrected chi connectivity index (χ1v) is 8.97. The largest absolute Gasteiger partial charge is 0.363 e. The Hall–Kier alpha value is -2.48. The summed E-state index contributed by atoms with van der Waals surface area (Å²) >= 11 is 0. The molecular weight excluding hydrogens is 314 g/mol. The smallest absolute Gasteiger partial charge is 0.254 e. The summed E-state index contributed by atoms with van der Waals surface area (Å²) < 4.78 is 24.7. The van der Waals surface area contributed by atoms with Crippen LogP contribution in [-0.4, -0.2) is 34.3 Å². The third-order valence-corrected chi connectivity index (χ3v) is 4.68. The van der Waals surface area contributed by atoms with Crippen LogP contribution in [0.5, 0.6) is 0 Å². The first-order valence-electron chi connectivity index (χ1n) is 7.08. The lowest BCUT2D eigenvalue weighted by Crippen LogP contribution is -2.11. The maximum Gasteiger partial charge on any atom is 0.254 e. The van der Waals surface area contributed by atoms with E-state index in [1.165, 1.54) is 12.6 Å². The zero-order valence-electron chi connectivity index (χ0n) is 13.1. The van der Waals surface area contributed by atoms with Crippen molar-refractivity contribution in [2.75, 3.05) is 11.6 Å². The SMILES string of the molecule is Cc1cc(NC(C)c2ccc(S(C)(=O)=O)cc2)n2ncnc2n1. The minimum absolute atomic E-state index is 0.0298. The molecule has 0 saturated heterocycles. The molecule has 0 amide bonds. The van der Waals surface area contributed by atoms with Crippen molar-refractivity contribution in [2.45, 2.75) is 24.8 Å². The van der Waals surface area contributed by atoms with Gasteiger partial charge in [-0.3, -0.25) is 0 Å². The summed E-state index contributed by atoms with van der Waals surface area (Å²) in [5.41, 5.74) is 1.81. The minimum atomic E-state index is -3.18. The molecule has 23 heavy (non-hydrogen) atoms. The van der Waals surface area contributed by atoms with Crippen molar-refractivity contribution in [1.29, 1.82) is 0 Å². The molecule has 0 aliphatic heterocycles. The molecule has 120 valence electrons. The van der Waals surface area contributed by atoms with Crippen LogP contribution in [0.25, 0.3) is 5.78 Å². The predicted octanol–water partition coefficient (Wildman–Crippen LogP) is 2.01. The van der Waals surface area contributed by atoms with Gasteiger partial charge in [-0.05, 0) is 31.5 Å². The minimum Gasteiger partial charge on any atom is -0.363 e. The van der Waals surface area contributed by atoms with Crippen LogP contribution in [0.2, 0.25) is 0 Å². The summed E-state index contributed by atoms with van der Waals surface area (Å²) in [7, 11) is -3.18. The quantitative estimate of drug-likeness (QED) is 0.786. The van der Waals surface area contributed by atoms with Crippen molar-refractivity contribution >= 4 is 21.4 Å². The number of hydrogen-bond donors (Lipinski definition) is 1. The van der Waals surface area contributed by atoms with Gasteiger partial charge in [-0.15, -0.1) is 0 Å². The van der Waals surface area contributed by atoms with Crippen molar-refractivity contribution in [3.05, 3.63) is 47.9 Å². The maximum absolute atomic E-state index is 11.5. The molecule has 1 N–H and O–H groups in total. The van der Waals surface area contributed by atoms with Gasteiger partial charge in [-0.1, -0.05) is 12.1 Å². The lowest BCUT2D eigenvalue weighted by atomic mass is 10.1. The van der Waals surface area contributed by atoms with Crippen LogP contribution < -0.4 is 5.32 Å². The number of rotatable bonds is 4. The van der Waals surface area contributed by atoms with Gasteiger partial charge in [0.2, 0.25) is 0 Å². The molecule has 0 aliphatic carbocycles. The number of sulfone groups is 1. The summed E-state index contributed by atoms with van der Waals surface area (Å²) in [4.78, 5) is 8.70. The summed E-state index contributed by atoms with van der Waals surface area (Å²) in [6.45, 7) is 3.89. The number of fused-ring (bicyclic) bond motifs is 1. The molecule has 2 aromatic heterocycles. The van der Waals surface area contributed by atoms with Gasteiger partial charge in [0.1, 0.15) is 12.1 Å². The zero-order chi connectivity index (χ0) is 16.6. The van der Waals surface area contributed by atoms with E-state index in [1.807, 2.05) is 19.9 Å². The van der Waals surface area contributed by atoms with E-state index in [2.05, 4.69) is 20.4 Å². The molecule has 1 unspecified atom stereocenters. The molecule has 2 heterocycles. The Morgan fingerprint density at radius 1 is 1.22 bits per heavy atom. The van der Waals surface area contributed by atoms with Gasteiger partial charge in [0.25, 0.3) is 5.78 Å². The number of aromatic nitrogens is 4. The summed E-state index contributed by atoms with van der Waals surface area (Å²) in [6, 6.07) is 8.71. The Labute approximate surface area is 134 Å². The molecule has 0 bridgehead atoms. The van der Waals surface area contributed by atoms with Crippen LogP contribution in [-0.2, 0) is 9.84 Å². The Kier molecular flexibility index (Phi) is 3.77. The van der Waals surface area contributed by atoms with E-state index in [0.717, 1.165) is 17.1 Å². The Balaban J connectivity index is 1.88. The maximum atomic E-state index is 11.5. The van der Waals surface area contributed by atoms with Crippen molar-refractivity contribution in [3.63, 3.8) is 0 Å². The van der Waals surface area contributed by atoms with Gasteiger partial charge in [0.05, 0.1) is 4.90 Å². The Morgan fingerprint density at radius 2 is 1.91 bits per heavy atom. The molecule has 0 saturated carbocycles. The third kappa shape index (κ3) is 3.16. The van der Waals surface area contributed by atoms with Gasteiger partial charge in [-0.2, -0.15) is 14.6 Å². The van der Waals surface area contributed by atoms with E-state index in [4.69, 9.17) is 0 Å². The van der Waals surface area contributed by atoms with E-state index >= 15 is 0 Å². The van der Waals surface area contributed by atoms with E-state index in [9.17, 15) is 8.42 Å². The Bertz CT molecular complexity index is 948. The number of benzene rings is 1. The fourth-order valence-electron chi connectivity index (χ4n) is 2.34. The predicted molar refractivity (Wildman–Crippen MR) is 87.1 cm³/mol. The molecule has 1 aromatic carbocycles. The molecule has 3 rings (SSSR count). The molecule has 7 nitrogen and oxygen atoms in total.